The largest absolute Gasteiger partial charge is 0.442 e. The summed E-state index contributed by atoms with van der Waals surface area (Å²) in [5, 5.41) is 2.61. The van der Waals surface area contributed by atoms with Gasteiger partial charge in [0.1, 0.15) is 11.9 Å². The SMILES string of the molecule is CC(=O)NCC1CN(c2ccc(N(C)Cc3ccncc3)c(F)c2)C(=O)O1. The lowest BCUT2D eigenvalue weighted by Gasteiger charge is -2.21. The fraction of sp³-hybridized carbons (Fsp3) is 0.316. The van der Waals surface area contributed by atoms with Crippen LogP contribution in [-0.2, 0) is 16.1 Å². The van der Waals surface area contributed by atoms with Gasteiger partial charge in [-0.25, -0.2) is 9.18 Å². The first-order valence-corrected chi connectivity index (χ1v) is 8.56. The van der Waals surface area contributed by atoms with Crippen molar-refractivity contribution in [2.24, 2.45) is 0 Å². The zero-order valence-electron chi connectivity index (χ0n) is 15.2. The molecule has 1 aromatic carbocycles. The van der Waals surface area contributed by atoms with Gasteiger partial charge in [-0.1, -0.05) is 0 Å². The molecule has 7 nitrogen and oxygen atoms in total. The number of aromatic nitrogens is 1. The van der Waals surface area contributed by atoms with Gasteiger partial charge in [0.25, 0.3) is 0 Å². The molecular weight excluding hydrogens is 351 g/mol. The number of hydrogen-bond donors (Lipinski definition) is 1. The van der Waals surface area contributed by atoms with E-state index < -0.39 is 18.0 Å². The van der Waals surface area contributed by atoms with Gasteiger partial charge in [-0.15, -0.1) is 0 Å². The number of amides is 2. The second-order valence-corrected chi connectivity index (χ2v) is 6.40. The fourth-order valence-electron chi connectivity index (χ4n) is 2.92. The molecule has 1 N–H and O–H groups in total. The lowest BCUT2D eigenvalue weighted by atomic mass is 10.2. The molecule has 0 saturated carbocycles. The third-order valence-corrected chi connectivity index (χ3v) is 4.28. The maximum atomic E-state index is 14.6. The average Bonchev–Trinajstić information content (AvgIpc) is 3.01. The van der Waals surface area contributed by atoms with Gasteiger partial charge in [0.2, 0.25) is 5.91 Å². The van der Waals surface area contributed by atoms with E-state index in [4.69, 9.17) is 4.74 Å². The molecule has 1 aliphatic heterocycles. The van der Waals surface area contributed by atoms with Crippen LogP contribution in [0.2, 0.25) is 0 Å². The summed E-state index contributed by atoms with van der Waals surface area (Å²) < 4.78 is 19.9. The number of pyridine rings is 1. The fourth-order valence-corrected chi connectivity index (χ4v) is 2.92. The number of nitrogens with one attached hydrogen (secondary N) is 1. The Hall–Kier alpha value is -3.16. The van der Waals surface area contributed by atoms with Crippen LogP contribution in [0.1, 0.15) is 12.5 Å². The normalized spacial score (nSPS) is 16.2. The summed E-state index contributed by atoms with van der Waals surface area (Å²) in [6.07, 6.45) is 2.37. The summed E-state index contributed by atoms with van der Waals surface area (Å²) in [6.45, 7) is 2.41. The van der Waals surface area contributed by atoms with Crippen LogP contribution in [-0.4, -0.2) is 43.2 Å². The highest BCUT2D eigenvalue weighted by Gasteiger charge is 2.32. The minimum atomic E-state index is -0.553. The highest BCUT2D eigenvalue weighted by Crippen LogP contribution is 2.28. The lowest BCUT2D eigenvalue weighted by molar-refractivity contribution is -0.119. The Morgan fingerprint density at radius 2 is 2.11 bits per heavy atom. The molecule has 142 valence electrons. The first-order chi connectivity index (χ1) is 12.9. The molecule has 0 aliphatic carbocycles. The van der Waals surface area contributed by atoms with Crippen LogP contribution in [0.4, 0.5) is 20.6 Å². The quantitative estimate of drug-likeness (QED) is 0.842. The van der Waals surface area contributed by atoms with Crippen molar-refractivity contribution in [3.8, 4) is 0 Å². The summed E-state index contributed by atoms with van der Waals surface area (Å²) in [7, 11) is 1.80. The van der Waals surface area contributed by atoms with Gasteiger partial charge in [0.05, 0.1) is 24.5 Å². The van der Waals surface area contributed by atoms with Crippen LogP contribution in [0.15, 0.2) is 42.7 Å². The minimum absolute atomic E-state index is 0.197. The molecule has 2 aromatic rings. The van der Waals surface area contributed by atoms with E-state index in [1.807, 2.05) is 12.1 Å². The molecule has 8 heteroatoms. The van der Waals surface area contributed by atoms with E-state index in [0.717, 1.165) is 5.56 Å². The predicted octanol–water partition coefficient (Wildman–Crippen LogP) is 2.32. The maximum absolute atomic E-state index is 14.6. The van der Waals surface area contributed by atoms with Crippen molar-refractivity contribution in [1.82, 2.24) is 10.3 Å². The second-order valence-electron chi connectivity index (χ2n) is 6.40. The van der Waals surface area contributed by atoms with Crippen molar-refractivity contribution >= 4 is 23.4 Å². The van der Waals surface area contributed by atoms with Gasteiger partial charge in [-0.2, -0.15) is 0 Å². The first-order valence-electron chi connectivity index (χ1n) is 8.56. The Morgan fingerprint density at radius 1 is 1.37 bits per heavy atom. The Balaban J connectivity index is 1.69. The number of nitrogens with zero attached hydrogens (tertiary/aromatic N) is 3. The number of halogens is 1. The van der Waals surface area contributed by atoms with E-state index in [1.165, 1.54) is 17.9 Å². The van der Waals surface area contributed by atoms with Gasteiger partial charge in [0, 0.05) is 32.9 Å². The number of benzene rings is 1. The molecule has 2 amide bonds. The van der Waals surface area contributed by atoms with Gasteiger partial charge in [0.15, 0.2) is 0 Å². The van der Waals surface area contributed by atoms with Gasteiger partial charge in [-0.05, 0) is 35.9 Å². The van der Waals surface area contributed by atoms with Crippen molar-refractivity contribution in [2.75, 3.05) is 29.9 Å². The minimum Gasteiger partial charge on any atom is -0.442 e. The lowest BCUT2D eigenvalue weighted by Crippen LogP contribution is -2.33. The number of carbonyl (C=O) groups excluding carboxylic acids is 2. The Kier molecular flexibility index (Phi) is 5.54. The zero-order chi connectivity index (χ0) is 19.4. The predicted molar refractivity (Wildman–Crippen MR) is 99.0 cm³/mol. The highest BCUT2D eigenvalue weighted by molar-refractivity contribution is 5.90. The molecule has 1 atom stereocenters. The van der Waals surface area contributed by atoms with E-state index >= 15 is 0 Å². The molecule has 0 spiro atoms. The molecule has 1 fully saturated rings. The van der Waals surface area contributed by atoms with Crippen LogP contribution < -0.4 is 15.1 Å². The number of rotatable bonds is 6. The van der Waals surface area contributed by atoms with Gasteiger partial charge >= 0.3 is 6.09 Å². The number of anilines is 2. The monoisotopic (exact) mass is 372 g/mol. The third kappa shape index (κ3) is 4.52. The van der Waals surface area contributed by atoms with E-state index in [-0.39, 0.29) is 19.0 Å². The summed E-state index contributed by atoms with van der Waals surface area (Å²) in [5.74, 6) is -0.626. The Morgan fingerprint density at radius 3 is 2.78 bits per heavy atom. The molecule has 0 radical (unpaired) electrons. The Bertz CT molecular complexity index is 831. The van der Waals surface area contributed by atoms with E-state index in [9.17, 15) is 14.0 Å². The van der Waals surface area contributed by atoms with Crippen LogP contribution in [0.3, 0.4) is 0 Å². The molecule has 1 saturated heterocycles. The molecule has 2 heterocycles. The topological polar surface area (TPSA) is 74.8 Å². The van der Waals surface area contributed by atoms with Crippen molar-refractivity contribution in [3.63, 3.8) is 0 Å². The number of ether oxygens (including phenoxy) is 1. The first kappa shape index (κ1) is 18.6. The van der Waals surface area contributed by atoms with Crippen LogP contribution in [0, 0.1) is 5.82 Å². The smallest absolute Gasteiger partial charge is 0.414 e. The molecule has 1 aromatic heterocycles. The van der Waals surface area contributed by atoms with Crippen molar-refractivity contribution in [1.29, 1.82) is 0 Å². The van der Waals surface area contributed by atoms with E-state index in [2.05, 4.69) is 10.3 Å². The maximum Gasteiger partial charge on any atom is 0.414 e. The van der Waals surface area contributed by atoms with Crippen molar-refractivity contribution in [2.45, 2.75) is 19.6 Å². The number of carbonyl (C=O) groups is 2. The molecule has 1 unspecified atom stereocenters. The van der Waals surface area contributed by atoms with Crippen molar-refractivity contribution < 1.29 is 18.7 Å². The van der Waals surface area contributed by atoms with Gasteiger partial charge < -0.3 is 15.0 Å². The Labute approximate surface area is 156 Å². The summed E-state index contributed by atoms with van der Waals surface area (Å²) >= 11 is 0. The van der Waals surface area contributed by atoms with Crippen LogP contribution >= 0.6 is 0 Å². The van der Waals surface area contributed by atoms with Crippen molar-refractivity contribution in [3.05, 3.63) is 54.1 Å². The van der Waals surface area contributed by atoms with E-state index in [0.29, 0.717) is 17.9 Å². The number of hydrogen-bond acceptors (Lipinski definition) is 5. The summed E-state index contributed by atoms with van der Waals surface area (Å²) in [5.41, 5.74) is 1.86. The molecular formula is C19H21FN4O3. The average molecular weight is 372 g/mol. The standard InChI is InChI=1S/C19H21FN4O3/c1-13(25)22-10-16-12-24(19(26)27-16)15-3-4-18(17(20)9-15)23(2)11-14-5-7-21-8-6-14/h3-9,16H,10-12H2,1-2H3,(H,22,25). The molecule has 3 rings (SSSR count). The molecule has 1 aliphatic rings. The zero-order valence-corrected chi connectivity index (χ0v) is 15.2. The van der Waals surface area contributed by atoms with Crippen LogP contribution in [0.25, 0.3) is 0 Å². The number of cyclic esters (lactones) is 1. The molecule has 27 heavy (non-hydrogen) atoms. The third-order valence-electron chi connectivity index (χ3n) is 4.28. The van der Waals surface area contributed by atoms with Crippen LogP contribution in [0.5, 0.6) is 0 Å². The summed E-state index contributed by atoms with van der Waals surface area (Å²) in [6, 6.07) is 8.39. The second kappa shape index (κ2) is 8.03. The van der Waals surface area contributed by atoms with E-state index in [1.54, 1.807) is 36.5 Å². The summed E-state index contributed by atoms with van der Waals surface area (Å²) in [4.78, 5) is 30.2. The molecule has 0 bridgehead atoms. The van der Waals surface area contributed by atoms with Gasteiger partial charge in [-0.3, -0.25) is 14.7 Å². The highest BCUT2D eigenvalue weighted by atomic mass is 19.1.